The monoisotopic (exact) mass is 264 g/mol. The molecule has 2 atom stereocenters. The first-order valence-corrected chi connectivity index (χ1v) is 6.44. The molecule has 2 aliphatic rings. The number of rotatable bonds is 1. The first kappa shape index (κ1) is 11.5. The van der Waals surface area contributed by atoms with E-state index in [1.807, 2.05) is 0 Å². The van der Waals surface area contributed by atoms with E-state index in [4.69, 9.17) is 11.6 Å². The second-order valence-electron chi connectivity index (χ2n) is 4.74. The SMILES string of the molecule is O=C1N[C@H]2CCC[C@H]2C(=O)N1c1ccc(Cl)cc1. The fourth-order valence-corrected chi connectivity index (χ4v) is 2.88. The molecule has 0 radical (unpaired) electrons. The number of urea groups is 1. The molecule has 1 aromatic carbocycles. The number of imide groups is 1. The lowest BCUT2D eigenvalue weighted by Gasteiger charge is -2.33. The topological polar surface area (TPSA) is 49.4 Å². The summed E-state index contributed by atoms with van der Waals surface area (Å²) in [6.45, 7) is 0. The molecule has 1 aromatic rings. The summed E-state index contributed by atoms with van der Waals surface area (Å²) in [5.74, 6) is -0.165. The number of halogens is 1. The standard InChI is InChI=1S/C13H13ClN2O2/c14-8-4-6-9(7-5-8)16-12(17)10-2-1-3-11(10)15-13(16)18/h4-7,10-11H,1-3H2,(H,15,18)/t10-,11+/m1/s1. The Kier molecular flexibility index (Phi) is 2.74. The van der Waals surface area contributed by atoms with Crippen LogP contribution in [0.4, 0.5) is 10.5 Å². The number of benzene rings is 1. The third-order valence-electron chi connectivity index (χ3n) is 3.65. The summed E-state index contributed by atoms with van der Waals surface area (Å²) in [5, 5.41) is 3.49. The van der Waals surface area contributed by atoms with Gasteiger partial charge in [-0.15, -0.1) is 0 Å². The summed E-state index contributed by atoms with van der Waals surface area (Å²) in [4.78, 5) is 25.6. The molecular weight excluding hydrogens is 252 g/mol. The quantitative estimate of drug-likeness (QED) is 0.847. The lowest BCUT2D eigenvalue weighted by molar-refractivity contribution is -0.122. The number of carbonyl (C=O) groups excluding carboxylic acids is 2. The van der Waals surface area contributed by atoms with E-state index in [0.29, 0.717) is 10.7 Å². The van der Waals surface area contributed by atoms with Gasteiger partial charge in [-0.2, -0.15) is 0 Å². The highest BCUT2D eigenvalue weighted by molar-refractivity contribution is 6.30. The molecule has 1 saturated carbocycles. The summed E-state index contributed by atoms with van der Waals surface area (Å²) in [6.07, 6.45) is 2.75. The second kappa shape index (κ2) is 4.28. The van der Waals surface area contributed by atoms with Crippen LogP contribution in [0.2, 0.25) is 5.02 Å². The van der Waals surface area contributed by atoms with Crippen molar-refractivity contribution in [2.45, 2.75) is 25.3 Å². The van der Waals surface area contributed by atoms with Gasteiger partial charge in [0, 0.05) is 11.1 Å². The number of hydrogen-bond donors (Lipinski definition) is 1. The molecule has 3 amide bonds. The zero-order valence-electron chi connectivity index (χ0n) is 9.73. The highest BCUT2D eigenvalue weighted by Gasteiger charge is 2.43. The van der Waals surface area contributed by atoms with E-state index in [9.17, 15) is 9.59 Å². The molecule has 0 spiro atoms. The van der Waals surface area contributed by atoms with Gasteiger partial charge in [0.2, 0.25) is 5.91 Å². The lowest BCUT2D eigenvalue weighted by atomic mass is 9.99. The van der Waals surface area contributed by atoms with E-state index < -0.39 is 0 Å². The Bertz CT molecular complexity index is 500. The van der Waals surface area contributed by atoms with E-state index in [0.717, 1.165) is 19.3 Å². The van der Waals surface area contributed by atoms with E-state index in [-0.39, 0.29) is 23.9 Å². The second-order valence-corrected chi connectivity index (χ2v) is 5.18. The van der Waals surface area contributed by atoms with Crippen LogP contribution in [0.5, 0.6) is 0 Å². The molecule has 1 saturated heterocycles. The molecule has 1 aliphatic carbocycles. The van der Waals surface area contributed by atoms with Crippen molar-refractivity contribution in [2.24, 2.45) is 5.92 Å². The average Bonchev–Trinajstić information content (AvgIpc) is 2.80. The summed E-state index contributed by atoms with van der Waals surface area (Å²) in [6, 6.07) is 6.43. The van der Waals surface area contributed by atoms with Crippen LogP contribution in [-0.2, 0) is 4.79 Å². The summed E-state index contributed by atoms with van der Waals surface area (Å²) in [7, 11) is 0. The number of amides is 3. The van der Waals surface area contributed by atoms with Crippen molar-refractivity contribution in [2.75, 3.05) is 4.90 Å². The van der Waals surface area contributed by atoms with Crippen LogP contribution in [0.1, 0.15) is 19.3 Å². The van der Waals surface area contributed by atoms with Crippen molar-refractivity contribution >= 4 is 29.2 Å². The molecule has 1 heterocycles. The van der Waals surface area contributed by atoms with Gasteiger partial charge in [-0.05, 0) is 37.1 Å². The summed E-state index contributed by atoms with van der Waals surface area (Å²) < 4.78 is 0. The van der Waals surface area contributed by atoms with Crippen LogP contribution in [-0.4, -0.2) is 18.0 Å². The van der Waals surface area contributed by atoms with Gasteiger partial charge in [-0.1, -0.05) is 18.0 Å². The Morgan fingerprint density at radius 2 is 1.89 bits per heavy atom. The fraction of sp³-hybridized carbons (Fsp3) is 0.385. The molecular formula is C13H13ClN2O2. The van der Waals surface area contributed by atoms with Crippen molar-refractivity contribution < 1.29 is 9.59 Å². The zero-order chi connectivity index (χ0) is 12.7. The first-order valence-electron chi connectivity index (χ1n) is 6.07. The van der Waals surface area contributed by atoms with Crippen molar-refractivity contribution in [3.05, 3.63) is 29.3 Å². The van der Waals surface area contributed by atoms with Gasteiger partial charge in [-0.3, -0.25) is 4.79 Å². The molecule has 3 rings (SSSR count). The van der Waals surface area contributed by atoms with Gasteiger partial charge in [0.25, 0.3) is 0 Å². The largest absolute Gasteiger partial charge is 0.334 e. The number of carbonyl (C=O) groups is 2. The third-order valence-corrected chi connectivity index (χ3v) is 3.90. The Morgan fingerprint density at radius 1 is 1.17 bits per heavy atom. The van der Waals surface area contributed by atoms with Crippen molar-refractivity contribution in [1.29, 1.82) is 0 Å². The molecule has 0 aromatic heterocycles. The lowest BCUT2D eigenvalue weighted by Crippen LogP contribution is -2.58. The minimum Gasteiger partial charge on any atom is -0.334 e. The van der Waals surface area contributed by atoms with E-state index in [2.05, 4.69) is 5.32 Å². The Balaban J connectivity index is 1.93. The minimum absolute atomic E-state index is 0.0218. The van der Waals surface area contributed by atoms with Gasteiger partial charge in [0.15, 0.2) is 0 Å². The molecule has 1 aliphatic heterocycles. The fourth-order valence-electron chi connectivity index (χ4n) is 2.75. The molecule has 0 unspecified atom stereocenters. The minimum atomic E-state index is -0.328. The normalized spacial score (nSPS) is 27.1. The van der Waals surface area contributed by atoms with Crippen LogP contribution in [0.3, 0.4) is 0 Å². The predicted octanol–water partition coefficient (Wildman–Crippen LogP) is 2.56. The molecule has 0 bridgehead atoms. The highest BCUT2D eigenvalue weighted by Crippen LogP contribution is 2.32. The Hall–Kier alpha value is -1.55. The molecule has 5 heteroatoms. The molecule has 94 valence electrons. The van der Waals surface area contributed by atoms with E-state index >= 15 is 0 Å². The third kappa shape index (κ3) is 1.77. The Labute approximate surface area is 110 Å². The molecule has 18 heavy (non-hydrogen) atoms. The smallest absolute Gasteiger partial charge is 0.328 e. The van der Waals surface area contributed by atoms with Crippen LogP contribution in [0.15, 0.2) is 24.3 Å². The summed E-state index contributed by atoms with van der Waals surface area (Å²) in [5.41, 5.74) is 0.576. The molecule has 4 nitrogen and oxygen atoms in total. The van der Waals surface area contributed by atoms with Crippen molar-refractivity contribution in [3.63, 3.8) is 0 Å². The number of nitrogens with one attached hydrogen (secondary N) is 1. The Morgan fingerprint density at radius 3 is 2.61 bits per heavy atom. The maximum absolute atomic E-state index is 12.3. The predicted molar refractivity (Wildman–Crippen MR) is 68.6 cm³/mol. The molecule has 2 fully saturated rings. The van der Waals surface area contributed by atoms with Crippen LogP contribution in [0.25, 0.3) is 0 Å². The van der Waals surface area contributed by atoms with E-state index in [1.165, 1.54) is 4.90 Å². The van der Waals surface area contributed by atoms with Gasteiger partial charge >= 0.3 is 6.03 Å². The summed E-state index contributed by atoms with van der Waals surface area (Å²) >= 11 is 5.81. The van der Waals surface area contributed by atoms with Crippen molar-refractivity contribution in [1.82, 2.24) is 5.32 Å². The number of anilines is 1. The van der Waals surface area contributed by atoms with Crippen LogP contribution < -0.4 is 10.2 Å². The first-order chi connectivity index (χ1) is 8.66. The highest BCUT2D eigenvalue weighted by atomic mass is 35.5. The van der Waals surface area contributed by atoms with Crippen LogP contribution in [0, 0.1) is 5.92 Å². The maximum Gasteiger partial charge on any atom is 0.328 e. The van der Waals surface area contributed by atoms with Gasteiger partial charge < -0.3 is 5.32 Å². The number of nitrogens with zero attached hydrogens (tertiary/aromatic N) is 1. The average molecular weight is 265 g/mol. The van der Waals surface area contributed by atoms with Gasteiger partial charge in [-0.25, -0.2) is 9.69 Å². The van der Waals surface area contributed by atoms with E-state index in [1.54, 1.807) is 24.3 Å². The number of fused-ring (bicyclic) bond motifs is 1. The number of hydrogen-bond acceptors (Lipinski definition) is 2. The molecule has 1 N–H and O–H groups in total. The maximum atomic E-state index is 12.3. The van der Waals surface area contributed by atoms with Crippen LogP contribution >= 0.6 is 11.6 Å². The van der Waals surface area contributed by atoms with Gasteiger partial charge in [0.05, 0.1) is 11.6 Å². The van der Waals surface area contributed by atoms with Gasteiger partial charge in [0.1, 0.15) is 0 Å². The van der Waals surface area contributed by atoms with Crippen molar-refractivity contribution in [3.8, 4) is 0 Å². The zero-order valence-corrected chi connectivity index (χ0v) is 10.5.